The molecule has 0 aliphatic heterocycles. The van der Waals surface area contributed by atoms with Crippen molar-refractivity contribution >= 4 is 27.4 Å². The van der Waals surface area contributed by atoms with Crippen molar-refractivity contribution in [3.63, 3.8) is 0 Å². The van der Waals surface area contributed by atoms with Crippen LogP contribution in [-0.4, -0.2) is 44.3 Å². The third-order valence-corrected chi connectivity index (χ3v) is 8.57. The lowest BCUT2D eigenvalue weighted by Gasteiger charge is -2.20. The number of halogens is 1. The maximum Gasteiger partial charge on any atom is 0.264 e. The van der Waals surface area contributed by atoms with Crippen LogP contribution in [0.3, 0.4) is 0 Å². The van der Waals surface area contributed by atoms with Crippen LogP contribution in [0.15, 0.2) is 85.1 Å². The molecule has 2 N–H and O–H groups in total. The third-order valence-electron chi connectivity index (χ3n) is 7.47. The fraction of sp³-hybridized carbons (Fsp3) is 0.294. The first kappa shape index (κ1) is 31.5. The minimum absolute atomic E-state index is 0.0452. The Morgan fingerprint density at radius 3 is 2.25 bits per heavy atom. The topological polar surface area (TPSA) is 114 Å². The summed E-state index contributed by atoms with van der Waals surface area (Å²) in [5.41, 5.74) is 5.47. The highest BCUT2D eigenvalue weighted by molar-refractivity contribution is 7.85. The summed E-state index contributed by atoms with van der Waals surface area (Å²) in [5.74, 6) is 0.247. The van der Waals surface area contributed by atoms with E-state index in [4.69, 9.17) is 30.9 Å². The maximum absolute atomic E-state index is 11.3. The second-order valence-corrected chi connectivity index (χ2v) is 12.9. The summed E-state index contributed by atoms with van der Waals surface area (Å²) in [6, 6.07) is 25.4. The van der Waals surface area contributed by atoms with Gasteiger partial charge in [-0.15, -0.1) is 0 Å². The molecule has 44 heavy (non-hydrogen) atoms. The van der Waals surface area contributed by atoms with Crippen LogP contribution in [0, 0.1) is 0 Å². The van der Waals surface area contributed by atoms with Crippen LogP contribution in [0.1, 0.15) is 61.5 Å². The average molecular weight is 634 g/mol. The number of aromatic hydroxyl groups is 1. The van der Waals surface area contributed by atoms with E-state index in [1.54, 1.807) is 16.5 Å². The van der Waals surface area contributed by atoms with Gasteiger partial charge in [0.25, 0.3) is 10.1 Å². The third kappa shape index (κ3) is 8.16. The minimum atomic E-state index is -4.02. The van der Waals surface area contributed by atoms with Gasteiger partial charge in [0.15, 0.2) is 5.65 Å². The Labute approximate surface area is 263 Å². The van der Waals surface area contributed by atoms with Crippen molar-refractivity contribution in [1.82, 2.24) is 14.4 Å². The SMILES string of the molecule is CCCCC(CCCS(=O)(=O)O)Oc1ccc(Cc2nc3c(Cc4ccccc4)nc(-c4ccccc4)cn3c2O)cc1Cl. The molecule has 0 radical (unpaired) electrons. The minimum Gasteiger partial charge on any atom is -0.493 e. The molecular formula is C34H36ClN3O5S. The number of benzene rings is 3. The summed E-state index contributed by atoms with van der Waals surface area (Å²) in [6.07, 6.45) is 5.91. The van der Waals surface area contributed by atoms with Crippen LogP contribution in [0.25, 0.3) is 16.9 Å². The monoisotopic (exact) mass is 633 g/mol. The number of rotatable bonds is 14. The quantitative estimate of drug-likeness (QED) is 0.121. The standard InChI is InChI=1S/C34H36ClN3O5S/c1-2-3-15-27(16-10-19-44(40,41)42)43-32-18-17-25(20-28(32)35)22-30-34(39)38-23-31(26-13-8-5-9-14-26)36-29(33(38)37-30)21-24-11-6-4-7-12-24/h4-9,11-14,17-18,20,23,27,39H,2-3,10,15-16,19,21-22H2,1H3,(H,40,41,42). The molecule has 0 amide bonds. The van der Waals surface area contributed by atoms with Gasteiger partial charge >= 0.3 is 0 Å². The number of hydrogen-bond donors (Lipinski definition) is 2. The van der Waals surface area contributed by atoms with E-state index in [0.29, 0.717) is 47.8 Å². The first-order valence-electron chi connectivity index (χ1n) is 14.8. The van der Waals surface area contributed by atoms with Gasteiger partial charge in [0.05, 0.1) is 28.3 Å². The van der Waals surface area contributed by atoms with Crippen molar-refractivity contribution in [1.29, 1.82) is 0 Å². The second-order valence-electron chi connectivity index (χ2n) is 10.9. The molecular weight excluding hydrogens is 598 g/mol. The van der Waals surface area contributed by atoms with Gasteiger partial charge in [-0.2, -0.15) is 8.42 Å². The van der Waals surface area contributed by atoms with Gasteiger partial charge in [-0.25, -0.2) is 9.97 Å². The highest BCUT2D eigenvalue weighted by Gasteiger charge is 2.19. The predicted molar refractivity (Wildman–Crippen MR) is 173 cm³/mol. The number of ether oxygens (including phenoxy) is 1. The highest BCUT2D eigenvalue weighted by Crippen LogP contribution is 2.32. The molecule has 1 atom stereocenters. The number of fused-ring (bicyclic) bond motifs is 1. The smallest absolute Gasteiger partial charge is 0.264 e. The van der Waals surface area contributed by atoms with Crippen molar-refractivity contribution in [3.8, 4) is 22.9 Å². The lowest BCUT2D eigenvalue weighted by Crippen LogP contribution is -2.18. The average Bonchev–Trinajstić information content (AvgIpc) is 3.32. The van der Waals surface area contributed by atoms with E-state index >= 15 is 0 Å². The Kier molecular flexibility index (Phi) is 10.2. The maximum atomic E-state index is 11.3. The van der Waals surface area contributed by atoms with Crippen molar-refractivity contribution in [2.75, 3.05) is 5.75 Å². The summed E-state index contributed by atoms with van der Waals surface area (Å²) < 4.78 is 39.3. The molecule has 1 unspecified atom stereocenters. The number of hydrogen-bond acceptors (Lipinski definition) is 6. The summed E-state index contributed by atoms with van der Waals surface area (Å²) in [6.45, 7) is 2.08. The Balaban J connectivity index is 1.40. The molecule has 0 bridgehead atoms. The lowest BCUT2D eigenvalue weighted by molar-refractivity contribution is 0.177. The zero-order chi connectivity index (χ0) is 31.1. The second kappa shape index (κ2) is 14.2. The molecule has 0 fully saturated rings. The van der Waals surface area contributed by atoms with Crippen LogP contribution >= 0.6 is 11.6 Å². The van der Waals surface area contributed by atoms with Gasteiger partial charge < -0.3 is 9.84 Å². The summed E-state index contributed by atoms with van der Waals surface area (Å²) in [5, 5.41) is 11.7. The predicted octanol–water partition coefficient (Wildman–Crippen LogP) is 7.54. The van der Waals surface area contributed by atoms with Crippen LogP contribution in [0.5, 0.6) is 11.6 Å². The number of aromatic nitrogens is 3. The van der Waals surface area contributed by atoms with Crippen LogP contribution in [0.4, 0.5) is 0 Å². The van der Waals surface area contributed by atoms with Gasteiger partial charge in [-0.3, -0.25) is 8.95 Å². The van der Waals surface area contributed by atoms with Crippen molar-refractivity contribution in [2.45, 2.75) is 58.0 Å². The van der Waals surface area contributed by atoms with Gasteiger partial charge in [0, 0.05) is 24.6 Å². The zero-order valence-corrected chi connectivity index (χ0v) is 26.1. The molecule has 5 rings (SSSR count). The molecule has 8 nitrogen and oxygen atoms in total. The van der Waals surface area contributed by atoms with Gasteiger partial charge in [0.1, 0.15) is 11.4 Å². The molecule has 0 saturated heterocycles. The first-order valence-corrected chi connectivity index (χ1v) is 16.8. The van der Waals surface area contributed by atoms with E-state index in [1.807, 2.05) is 72.9 Å². The molecule has 2 aromatic heterocycles. The fourth-order valence-corrected chi connectivity index (χ4v) is 6.01. The van der Waals surface area contributed by atoms with E-state index in [9.17, 15) is 13.5 Å². The van der Waals surface area contributed by atoms with E-state index in [1.165, 1.54) is 0 Å². The molecule has 230 valence electrons. The van der Waals surface area contributed by atoms with Crippen LogP contribution < -0.4 is 4.74 Å². The number of unbranched alkanes of at least 4 members (excludes halogenated alkanes) is 1. The van der Waals surface area contributed by atoms with E-state index < -0.39 is 10.1 Å². The van der Waals surface area contributed by atoms with Crippen LogP contribution in [-0.2, 0) is 23.0 Å². The number of imidazole rings is 1. The number of nitrogens with zero attached hydrogens (tertiary/aromatic N) is 3. The molecule has 10 heteroatoms. The Bertz CT molecular complexity index is 1810. The van der Waals surface area contributed by atoms with E-state index in [-0.39, 0.29) is 17.7 Å². The molecule has 0 saturated carbocycles. The van der Waals surface area contributed by atoms with Crippen LogP contribution in [0.2, 0.25) is 5.02 Å². The van der Waals surface area contributed by atoms with E-state index in [2.05, 4.69) is 6.92 Å². The molecule has 3 aromatic carbocycles. The largest absolute Gasteiger partial charge is 0.493 e. The molecule has 0 aliphatic rings. The molecule has 0 spiro atoms. The Morgan fingerprint density at radius 1 is 0.886 bits per heavy atom. The molecule has 2 heterocycles. The Hall–Kier alpha value is -3.92. The van der Waals surface area contributed by atoms with E-state index in [0.717, 1.165) is 47.3 Å². The normalized spacial score (nSPS) is 12.4. The lowest BCUT2D eigenvalue weighted by atomic mass is 10.1. The fourth-order valence-electron chi connectivity index (χ4n) is 5.23. The van der Waals surface area contributed by atoms with Gasteiger partial charge in [-0.1, -0.05) is 98.1 Å². The molecule has 5 aromatic rings. The summed E-state index contributed by atoms with van der Waals surface area (Å²) >= 11 is 6.64. The Morgan fingerprint density at radius 2 is 1.57 bits per heavy atom. The van der Waals surface area contributed by atoms with Gasteiger partial charge in [0.2, 0.25) is 5.88 Å². The van der Waals surface area contributed by atoms with Crippen molar-refractivity contribution < 1.29 is 22.8 Å². The summed E-state index contributed by atoms with van der Waals surface area (Å²) in [7, 11) is -4.02. The van der Waals surface area contributed by atoms with Crippen molar-refractivity contribution in [2.24, 2.45) is 0 Å². The molecule has 0 aliphatic carbocycles. The zero-order valence-electron chi connectivity index (χ0n) is 24.6. The highest BCUT2D eigenvalue weighted by atomic mass is 35.5. The first-order chi connectivity index (χ1) is 21.2. The van der Waals surface area contributed by atoms with Gasteiger partial charge in [-0.05, 0) is 42.5 Å². The summed E-state index contributed by atoms with van der Waals surface area (Å²) in [4.78, 5) is 9.79. The van der Waals surface area contributed by atoms with Crippen molar-refractivity contribution in [3.05, 3.63) is 113 Å².